The maximum Gasteiger partial charge on any atom is 0.161 e. The van der Waals surface area contributed by atoms with E-state index in [1.165, 1.54) is 0 Å². The molecule has 80 valence electrons. The molecule has 1 heterocycles. The van der Waals surface area contributed by atoms with Gasteiger partial charge < -0.3 is 10.1 Å². The quantitative estimate of drug-likeness (QED) is 0.866. The van der Waals surface area contributed by atoms with Gasteiger partial charge in [-0.25, -0.2) is 0 Å². The molecule has 0 radical (unpaired) electrons. The third-order valence-electron chi connectivity index (χ3n) is 1.99. The average molecular weight is 243 g/mol. The largest absolute Gasteiger partial charge is 0.495 e. The second-order valence-electron chi connectivity index (χ2n) is 3.01. The predicted molar refractivity (Wildman–Crippen MR) is 66.4 cm³/mol. The Morgan fingerprint density at radius 2 is 2.40 bits per heavy atom. The average Bonchev–Trinajstić information content (AvgIpc) is 2.71. The van der Waals surface area contributed by atoms with Crippen molar-refractivity contribution in [3.05, 3.63) is 23.2 Å². The number of rotatable bonds is 2. The van der Waals surface area contributed by atoms with Gasteiger partial charge in [0.2, 0.25) is 0 Å². The van der Waals surface area contributed by atoms with Gasteiger partial charge in [0.15, 0.2) is 5.17 Å². The molecule has 1 aliphatic heterocycles. The SMILES string of the molecule is COc1ccc(NC2=NCCS2)cc1Cl. The zero-order valence-electron chi connectivity index (χ0n) is 8.29. The Labute approximate surface area is 97.9 Å². The monoisotopic (exact) mass is 242 g/mol. The number of methoxy groups -OCH3 is 1. The van der Waals surface area contributed by atoms with Crippen LogP contribution in [0.5, 0.6) is 5.75 Å². The van der Waals surface area contributed by atoms with Gasteiger partial charge in [0, 0.05) is 11.4 Å². The van der Waals surface area contributed by atoms with Gasteiger partial charge in [0.05, 0.1) is 18.7 Å². The molecule has 0 saturated carbocycles. The van der Waals surface area contributed by atoms with Gasteiger partial charge >= 0.3 is 0 Å². The summed E-state index contributed by atoms with van der Waals surface area (Å²) in [6, 6.07) is 5.60. The summed E-state index contributed by atoms with van der Waals surface area (Å²) in [5.41, 5.74) is 0.939. The van der Waals surface area contributed by atoms with E-state index in [2.05, 4.69) is 10.3 Å². The summed E-state index contributed by atoms with van der Waals surface area (Å²) in [6.45, 7) is 0.886. The fourth-order valence-corrected chi connectivity index (χ4v) is 2.28. The van der Waals surface area contributed by atoms with E-state index in [0.29, 0.717) is 10.8 Å². The van der Waals surface area contributed by atoms with Crippen molar-refractivity contribution < 1.29 is 4.74 Å². The fourth-order valence-electron chi connectivity index (χ4n) is 1.28. The minimum atomic E-state index is 0.603. The number of ether oxygens (including phenoxy) is 1. The van der Waals surface area contributed by atoms with E-state index in [0.717, 1.165) is 23.2 Å². The smallest absolute Gasteiger partial charge is 0.161 e. The normalized spacial score (nSPS) is 14.9. The van der Waals surface area contributed by atoms with Crippen LogP contribution >= 0.6 is 23.4 Å². The molecule has 1 aromatic rings. The number of hydrogen-bond donors (Lipinski definition) is 1. The van der Waals surface area contributed by atoms with Crippen molar-refractivity contribution in [2.24, 2.45) is 4.99 Å². The van der Waals surface area contributed by atoms with E-state index in [1.807, 2.05) is 18.2 Å². The highest BCUT2D eigenvalue weighted by molar-refractivity contribution is 8.14. The number of halogens is 1. The molecular formula is C10H11ClN2OS. The van der Waals surface area contributed by atoms with Crippen LogP contribution in [0.3, 0.4) is 0 Å². The molecule has 1 aliphatic rings. The van der Waals surface area contributed by atoms with E-state index >= 15 is 0 Å². The lowest BCUT2D eigenvalue weighted by Gasteiger charge is -2.07. The maximum absolute atomic E-state index is 6.00. The highest BCUT2D eigenvalue weighted by Gasteiger charge is 2.08. The second kappa shape index (κ2) is 4.77. The molecular weight excluding hydrogens is 232 g/mol. The zero-order valence-corrected chi connectivity index (χ0v) is 9.86. The van der Waals surface area contributed by atoms with E-state index < -0.39 is 0 Å². The number of anilines is 1. The van der Waals surface area contributed by atoms with E-state index in [4.69, 9.17) is 16.3 Å². The van der Waals surface area contributed by atoms with E-state index in [1.54, 1.807) is 18.9 Å². The van der Waals surface area contributed by atoms with Gasteiger partial charge in [-0.2, -0.15) is 0 Å². The van der Waals surface area contributed by atoms with E-state index in [-0.39, 0.29) is 0 Å². The summed E-state index contributed by atoms with van der Waals surface area (Å²) in [7, 11) is 1.60. The Morgan fingerprint density at radius 3 is 3.00 bits per heavy atom. The lowest BCUT2D eigenvalue weighted by molar-refractivity contribution is 0.415. The summed E-state index contributed by atoms with van der Waals surface area (Å²) in [4.78, 5) is 4.30. The molecule has 5 heteroatoms. The lowest BCUT2D eigenvalue weighted by atomic mass is 10.3. The minimum Gasteiger partial charge on any atom is -0.495 e. The standard InChI is InChI=1S/C10H11ClN2OS/c1-14-9-3-2-7(6-8(9)11)13-10-12-4-5-15-10/h2-3,6H,4-5H2,1H3,(H,12,13). The van der Waals surface area contributed by atoms with Crippen molar-refractivity contribution in [2.45, 2.75) is 0 Å². The minimum absolute atomic E-state index is 0.603. The van der Waals surface area contributed by atoms with Crippen molar-refractivity contribution in [3.63, 3.8) is 0 Å². The highest BCUT2D eigenvalue weighted by Crippen LogP contribution is 2.28. The van der Waals surface area contributed by atoms with Crippen molar-refractivity contribution in [1.82, 2.24) is 0 Å². The van der Waals surface area contributed by atoms with Gasteiger partial charge in [0.1, 0.15) is 5.75 Å². The third kappa shape index (κ3) is 2.58. The molecule has 3 nitrogen and oxygen atoms in total. The molecule has 0 unspecified atom stereocenters. The Hall–Kier alpha value is -0.870. The summed E-state index contributed by atoms with van der Waals surface area (Å²) in [5.74, 6) is 1.73. The Balaban J connectivity index is 2.12. The van der Waals surface area contributed by atoms with Gasteiger partial charge in [-0.05, 0) is 18.2 Å². The number of thioether (sulfide) groups is 1. The number of nitrogens with zero attached hydrogens (tertiary/aromatic N) is 1. The second-order valence-corrected chi connectivity index (χ2v) is 4.50. The van der Waals surface area contributed by atoms with Gasteiger partial charge in [0.25, 0.3) is 0 Å². The molecule has 0 saturated heterocycles. The molecule has 1 aromatic carbocycles. The van der Waals surface area contributed by atoms with Crippen LogP contribution in [0, 0.1) is 0 Å². The summed E-state index contributed by atoms with van der Waals surface area (Å²) < 4.78 is 5.07. The van der Waals surface area contributed by atoms with Crippen LogP contribution in [0.25, 0.3) is 0 Å². The predicted octanol–water partition coefficient (Wildman–Crippen LogP) is 2.86. The number of benzene rings is 1. The molecule has 0 aliphatic carbocycles. The van der Waals surface area contributed by atoms with Crippen molar-refractivity contribution in [3.8, 4) is 5.75 Å². The Kier molecular flexibility index (Phi) is 3.38. The molecule has 0 amide bonds. The maximum atomic E-state index is 6.00. The lowest BCUT2D eigenvalue weighted by Crippen LogP contribution is -2.04. The molecule has 1 N–H and O–H groups in total. The van der Waals surface area contributed by atoms with Gasteiger partial charge in [-0.1, -0.05) is 23.4 Å². The number of nitrogens with one attached hydrogen (secondary N) is 1. The zero-order chi connectivity index (χ0) is 10.7. The molecule has 2 rings (SSSR count). The molecule has 0 fully saturated rings. The summed E-state index contributed by atoms with van der Waals surface area (Å²) >= 11 is 7.72. The van der Waals surface area contributed by atoms with Gasteiger partial charge in [-0.15, -0.1) is 0 Å². The Morgan fingerprint density at radius 1 is 1.53 bits per heavy atom. The fraction of sp³-hybridized carbons (Fsp3) is 0.300. The Bertz CT molecular complexity index is 395. The molecule has 15 heavy (non-hydrogen) atoms. The number of hydrogen-bond acceptors (Lipinski definition) is 4. The van der Waals surface area contributed by atoms with Crippen LogP contribution in [0.1, 0.15) is 0 Å². The van der Waals surface area contributed by atoms with Crippen LogP contribution in [0.15, 0.2) is 23.2 Å². The molecule has 0 aromatic heterocycles. The number of amidine groups is 1. The van der Waals surface area contributed by atoms with Crippen LogP contribution < -0.4 is 10.1 Å². The molecule has 0 atom stereocenters. The van der Waals surface area contributed by atoms with Crippen LogP contribution in [0.4, 0.5) is 5.69 Å². The first-order chi connectivity index (χ1) is 7.29. The first-order valence-electron chi connectivity index (χ1n) is 4.57. The third-order valence-corrected chi connectivity index (χ3v) is 3.18. The van der Waals surface area contributed by atoms with Crippen molar-refractivity contribution in [2.75, 3.05) is 24.7 Å². The van der Waals surface area contributed by atoms with Crippen LogP contribution in [-0.2, 0) is 0 Å². The van der Waals surface area contributed by atoms with E-state index in [9.17, 15) is 0 Å². The summed E-state index contributed by atoms with van der Waals surface area (Å²) in [5, 5.41) is 4.76. The van der Waals surface area contributed by atoms with Crippen LogP contribution in [0.2, 0.25) is 5.02 Å². The highest BCUT2D eigenvalue weighted by atomic mass is 35.5. The number of aliphatic imine (C=N–C) groups is 1. The first-order valence-corrected chi connectivity index (χ1v) is 5.94. The topological polar surface area (TPSA) is 33.6 Å². The van der Waals surface area contributed by atoms with Crippen molar-refractivity contribution >= 4 is 34.2 Å². The summed E-state index contributed by atoms with van der Waals surface area (Å²) in [6.07, 6.45) is 0. The first kappa shape index (κ1) is 10.6. The van der Waals surface area contributed by atoms with Crippen LogP contribution in [-0.4, -0.2) is 24.6 Å². The molecule has 0 spiro atoms. The van der Waals surface area contributed by atoms with Crippen molar-refractivity contribution in [1.29, 1.82) is 0 Å². The van der Waals surface area contributed by atoms with Gasteiger partial charge in [-0.3, -0.25) is 4.99 Å². The molecule has 0 bridgehead atoms.